The predicted octanol–water partition coefficient (Wildman–Crippen LogP) is 1.53. The molecule has 0 aliphatic rings. The minimum Gasteiger partial charge on any atom is -0.508 e. The van der Waals surface area contributed by atoms with Gasteiger partial charge in [0.05, 0.1) is 4.90 Å². The third-order valence-corrected chi connectivity index (χ3v) is 3.03. The summed E-state index contributed by atoms with van der Waals surface area (Å²) in [7, 11) is -4.15. The summed E-state index contributed by atoms with van der Waals surface area (Å²) in [6, 6.07) is 3.06. The number of phenolic OH excluding ortho intramolecular Hbond substituents is 1. The zero-order valence-corrected chi connectivity index (χ0v) is 9.35. The number of hydrogen-bond acceptors (Lipinski definition) is 3. The number of rotatable bonds is 3. The van der Waals surface area contributed by atoms with Gasteiger partial charge in [0.15, 0.2) is 0 Å². The molecular formula is C9H10F3NO3S. The molecule has 0 aromatic heterocycles. The number of alkyl halides is 3. The van der Waals surface area contributed by atoms with Crippen LogP contribution >= 0.6 is 0 Å². The van der Waals surface area contributed by atoms with Crippen molar-refractivity contribution in [3.8, 4) is 5.75 Å². The standard InChI is InChI=1S/C9H10F3NO3S/c10-9(11,12)4-3-6-1-2-7(14)5-8(6)17(13,15)16/h1-2,5,14H,3-4H2,(H2,13,15,16). The van der Waals surface area contributed by atoms with Crippen LogP contribution in [0.15, 0.2) is 23.1 Å². The third-order valence-electron chi connectivity index (χ3n) is 2.04. The summed E-state index contributed by atoms with van der Waals surface area (Å²) in [6.07, 6.45) is -6.04. The van der Waals surface area contributed by atoms with E-state index in [0.29, 0.717) is 0 Å². The average Bonchev–Trinajstić information content (AvgIpc) is 2.13. The molecule has 0 radical (unpaired) electrons. The van der Waals surface area contributed by atoms with Crippen LogP contribution in [-0.2, 0) is 16.4 Å². The van der Waals surface area contributed by atoms with Crippen molar-refractivity contribution in [1.29, 1.82) is 0 Å². The van der Waals surface area contributed by atoms with Gasteiger partial charge >= 0.3 is 6.18 Å². The van der Waals surface area contributed by atoms with Gasteiger partial charge in [-0.05, 0) is 18.1 Å². The van der Waals surface area contributed by atoms with Crippen molar-refractivity contribution in [3.63, 3.8) is 0 Å². The highest BCUT2D eigenvalue weighted by Gasteiger charge is 2.27. The van der Waals surface area contributed by atoms with Crippen LogP contribution in [0.3, 0.4) is 0 Å². The summed E-state index contributed by atoms with van der Waals surface area (Å²) in [5, 5.41) is 13.9. The molecule has 3 N–H and O–H groups in total. The van der Waals surface area contributed by atoms with Crippen LogP contribution in [0.4, 0.5) is 13.2 Å². The highest BCUT2D eigenvalue weighted by atomic mass is 32.2. The summed E-state index contributed by atoms with van der Waals surface area (Å²) in [4.78, 5) is -0.484. The largest absolute Gasteiger partial charge is 0.508 e. The molecule has 0 bridgehead atoms. The normalized spacial score (nSPS) is 12.7. The number of sulfonamides is 1. The van der Waals surface area contributed by atoms with Crippen molar-refractivity contribution in [2.24, 2.45) is 5.14 Å². The number of halogens is 3. The molecule has 0 heterocycles. The zero-order valence-electron chi connectivity index (χ0n) is 8.53. The van der Waals surface area contributed by atoms with Gasteiger partial charge in [0.2, 0.25) is 10.0 Å². The van der Waals surface area contributed by atoms with E-state index in [1.165, 1.54) is 0 Å². The van der Waals surface area contributed by atoms with Gasteiger partial charge in [-0.15, -0.1) is 0 Å². The molecule has 4 nitrogen and oxygen atoms in total. The molecule has 0 aliphatic heterocycles. The number of benzene rings is 1. The first-order chi connectivity index (χ1) is 7.59. The minimum absolute atomic E-state index is 0.0670. The van der Waals surface area contributed by atoms with Gasteiger partial charge in [-0.3, -0.25) is 0 Å². The fourth-order valence-corrected chi connectivity index (χ4v) is 2.11. The molecule has 1 aromatic rings. The fourth-order valence-electron chi connectivity index (χ4n) is 1.29. The Morgan fingerprint density at radius 1 is 1.29 bits per heavy atom. The van der Waals surface area contributed by atoms with Crippen LogP contribution in [0.2, 0.25) is 0 Å². The first kappa shape index (κ1) is 13.8. The summed E-state index contributed by atoms with van der Waals surface area (Å²) < 4.78 is 58.3. The lowest BCUT2D eigenvalue weighted by molar-refractivity contribution is -0.134. The van der Waals surface area contributed by atoms with E-state index in [1.54, 1.807) is 0 Å². The Bertz CT molecular complexity index is 511. The fraction of sp³-hybridized carbons (Fsp3) is 0.333. The Balaban J connectivity index is 3.08. The van der Waals surface area contributed by atoms with E-state index in [1.807, 2.05) is 0 Å². The summed E-state index contributed by atoms with van der Waals surface area (Å²) in [5.41, 5.74) is -0.0670. The maximum atomic E-state index is 12.0. The predicted molar refractivity (Wildman–Crippen MR) is 53.9 cm³/mol. The molecular weight excluding hydrogens is 259 g/mol. The van der Waals surface area contributed by atoms with E-state index in [2.05, 4.69) is 0 Å². The number of hydrogen-bond donors (Lipinski definition) is 2. The lowest BCUT2D eigenvalue weighted by Gasteiger charge is -2.10. The molecule has 0 unspecified atom stereocenters. The molecule has 17 heavy (non-hydrogen) atoms. The maximum absolute atomic E-state index is 12.0. The molecule has 0 aliphatic carbocycles. The first-order valence-corrected chi connectivity index (χ1v) is 6.06. The number of aryl methyl sites for hydroxylation is 1. The van der Waals surface area contributed by atoms with E-state index in [4.69, 9.17) is 10.2 Å². The smallest absolute Gasteiger partial charge is 0.389 e. The maximum Gasteiger partial charge on any atom is 0.389 e. The van der Waals surface area contributed by atoms with Crippen molar-refractivity contribution in [2.75, 3.05) is 0 Å². The van der Waals surface area contributed by atoms with Gasteiger partial charge < -0.3 is 5.11 Å². The highest BCUT2D eigenvalue weighted by molar-refractivity contribution is 7.89. The second-order valence-electron chi connectivity index (χ2n) is 3.45. The van der Waals surface area contributed by atoms with Gasteiger partial charge in [0.1, 0.15) is 5.75 Å². The quantitative estimate of drug-likeness (QED) is 0.873. The molecule has 0 saturated carbocycles. The molecule has 1 aromatic carbocycles. The molecule has 0 spiro atoms. The van der Waals surface area contributed by atoms with Crippen LogP contribution < -0.4 is 5.14 Å². The van der Waals surface area contributed by atoms with E-state index >= 15 is 0 Å². The number of phenols is 1. The first-order valence-electron chi connectivity index (χ1n) is 4.51. The Kier molecular flexibility index (Phi) is 3.68. The van der Waals surface area contributed by atoms with Crippen LogP contribution in [0, 0.1) is 0 Å². The second kappa shape index (κ2) is 4.53. The van der Waals surface area contributed by atoms with Crippen molar-refractivity contribution in [3.05, 3.63) is 23.8 Å². The van der Waals surface area contributed by atoms with Crippen LogP contribution in [-0.4, -0.2) is 19.7 Å². The van der Waals surface area contributed by atoms with Gasteiger partial charge in [0, 0.05) is 12.5 Å². The van der Waals surface area contributed by atoms with Crippen molar-refractivity contribution in [2.45, 2.75) is 23.9 Å². The topological polar surface area (TPSA) is 80.4 Å². The lowest BCUT2D eigenvalue weighted by Crippen LogP contribution is -2.16. The summed E-state index contributed by atoms with van der Waals surface area (Å²) in [5.74, 6) is -0.371. The van der Waals surface area contributed by atoms with Gasteiger partial charge in [0.25, 0.3) is 0 Å². The van der Waals surface area contributed by atoms with Crippen molar-refractivity contribution in [1.82, 2.24) is 0 Å². The van der Waals surface area contributed by atoms with Crippen LogP contribution in [0.1, 0.15) is 12.0 Å². The molecule has 0 saturated heterocycles. The van der Waals surface area contributed by atoms with Crippen LogP contribution in [0.25, 0.3) is 0 Å². The highest BCUT2D eigenvalue weighted by Crippen LogP contribution is 2.26. The van der Waals surface area contributed by atoms with Gasteiger partial charge in [-0.25, -0.2) is 13.6 Å². The van der Waals surface area contributed by atoms with Gasteiger partial charge in [-0.1, -0.05) is 6.07 Å². The van der Waals surface area contributed by atoms with Crippen LogP contribution in [0.5, 0.6) is 5.75 Å². The number of nitrogens with two attached hydrogens (primary N) is 1. The van der Waals surface area contributed by atoms with Gasteiger partial charge in [-0.2, -0.15) is 13.2 Å². The zero-order chi connectivity index (χ0) is 13.3. The molecule has 0 fully saturated rings. The molecule has 1 rings (SSSR count). The van der Waals surface area contributed by atoms with E-state index in [0.717, 1.165) is 18.2 Å². The molecule has 0 atom stereocenters. The SMILES string of the molecule is NS(=O)(=O)c1cc(O)ccc1CCC(F)(F)F. The summed E-state index contributed by atoms with van der Waals surface area (Å²) >= 11 is 0. The van der Waals surface area contributed by atoms with E-state index in [-0.39, 0.29) is 11.3 Å². The average molecular weight is 269 g/mol. The molecule has 8 heteroatoms. The summed E-state index contributed by atoms with van der Waals surface area (Å²) in [6.45, 7) is 0. The number of aromatic hydroxyl groups is 1. The third kappa shape index (κ3) is 4.23. The second-order valence-corrected chi connectivity index (χ2v) is 4.98. The lowest BCUT2D eigenvalue weighted by atomic mass is 10.1. The van der Waals surface area contributed by atoms with Crippen molar-refractivity contribution < 1.29 is 26.7 Å². The molecule has 0 amide bonds. The van der Waals surface area contributed by atoms with Crippen molar-refractivity contribution >= 4 is 10.0 Å². The minimum atomic E-state index is -4.38. The number of primary sulfonamides is 1. The Hall–Kier alpha value is -1.28. The Morgan fingerprint density at radius 3 is 2.35 bits per heavy atom. The van der Waals surface area contributed by atoms with E-state index in [9.17, 15) is 21.6 Å². The Labute approximate surface area is 95.9 Å². The molecule has 96 valence electrons. The monoisotopic (exact) mass is 269 g/mol. The Morgan fingerprint density at radius 2 is 1.88 bits per heavy atom. The van der Waals surface area contributed by atoms with E-state index < -0.39 is 33.9 Å².